The minimum absolute atomic E-state index is 0.110. The van der Waals surface area contributed by atoms with Gasteiger partial charge in [-0.25, -0.2) is 9.97 Å². The summed E-state index contributed by atoms with van der Waals surface area (Å²) in [4.78, 5) is 22.8. The number of carbonyl (C=O) groups is 1. The van der Waals surface area contributed by atoms with Gasteiger partial charge in [0, 0.05) is 19.0 Å². The predicted molar refractivity (Wildman–Crippen MR) is 75.8 cm³/mol. The highest BCUT2D eigenvalue weighted by Crippen LogP contribution is 2.17. The Morgan fingerprint density at radius 3 is 2.63 bits per heavy atom. The molecular weight excluding hydrogens is 242 g/mol. The number of nitrogens with one attached hydrogen (secondary N) is 1. The largest absolute Gasteiger partial charge is 0.338 e. The molecule has 3 N–H and O–H groups in total. The summed E-state index contributed by atoms with van der Waals surface area (Å²) >= 11 is 0. The lowest BCUT2D eigenvalue weighted by Crippen LogP contribution is -2.33. The van der Waals surface area contributed by atoms with E-state index in [9.17, 15) is 4.79 Å². The van der Waals surface area contributed by atoms with E-state index < -0.39 is 0 Å². The van der Waals surface area contributed by atoms with Gasteiger partial charge < -0.3 is 10.3 Å². The zero-order valence-corrected chi connectivity index (χ0v) is 12.1. The van der Waals surface area contributed by atoms with Crippen molar-refractivity contribution in [2.24, 2.45) is 5.84 Å². The summed E-state index contributed by atoms with van der Waals surface area (Å²) in [5, 5.41) is 0. The normalized spacial score (nSPS) is 10.6. The minimum Gasteiger partial charge on any atom is -0.338 e. The second-order valence-electron chi connectivity index (χ2n) is 4.67. The van der Waals surface area contributed by atoms with Gasteiger partial charge in [-0.15, -0.1) is 0 Å². The van der Waals surface area contributed by atoms with Gasteiger partial charge in [-0.2, -0.15) is 0 Å². The first-order valence-electron chi connectivity index (χ1n) is 6.67. The monoisotopic (exact) mass is 265 g/mol. The fourth-order valence-corrected chi connectivity index (χ4v) is 1.77. The minimum atomic E-state index is -0.110. The maximum atomic E-state index is 12.5. The first kappa shape index (κ1) is 15.4. The summed E-state index contributed by atoms with van der Waals surface area (Å²) in [6, 6.07) is 0. The van der Waals surface area contributed by atoms with Crippen LogP contribution in [-0.2, 0) is 0 Å². The van der Waals surface area contributed by atoms with Crippen molar-refractivity contribution >= 4 is 11.6 Å². The third-order valence-electron chi connectivity index (χ3n) is 2.84. The Hall–Kier alpha value is -1.69. The van der Waals surface area contributed by atoms with Crippen LogP contribution in [0.15, 0.2) is 6.20 Å². The Morgan fingerprint density at radius 1 is 1.47 bits per heavy atom. The lowest BCUT2D eigenvalue weighted by atomic mass is 10.2. The SMILES string of the molecule is CCCN(CC)C(=O)c1nc(C(C)C)ncc1NN. The van der Waals surface area contributed by atoms with Gasteiger partial charge in [0.2, 0.25) is 0 Å². The van der Waals surface area contributed by atoms with Crippen molar-refractivity contribution in [1.82, 2.24) is 14.9 Å². The van der Waals surface area contributed by atoms with Gasteiger partial charge in [0.25, 0.3) is 5.91 Å². The van der Waals surface area contributed by atoms with Crippen LogP contribution >= 0.6 is 0 Å². The molecule has 0 aliphatic carbocycles. The molecular formula is C13H23N5O. The third-order valence-corrected chi connectivity index (χ3v) is 2.84. The van der Waals surface area contributed by atoms with Crippen LogP contribution in [0.5, 0.6) is 0 Å². The smallest absolute Gasteiger partial charge is 0.274 e. The summed E-state index contributed by atoms with van der Waals surface area (Å²) in [6.07, 6.45) is 2.47. The van der Waals surface area contributed by atoms with E-state index in [2.05, 4.69) is 15.4 Å². The third kappa shape index (κ3) is 3.64. The second kappa shape index (κ2) is 7.04. The second-order valence-corrected chi connectivity index (χ2v) is 4.67. The zero-order chi connectivity index (χ0) is 14.4. The molecule has 1 rings (SSSR count). The number of aromatic nitrogens is 2. The average molecular weight is 265 g/mol. The molecule has 6 heteroatoms. The predicted octanol–water partition coefficient (Wildman–Crippen LogP) is 1.76. The van der Waals surface area contributed by atoms with E-state index >= 15 is 0 Å². The Bertz CT molecular complexity index is 433. The molecule has 6 nitrogen and oxygen atoms in total. The molecule has 1 amide bonds. The number of nitrogen functional groups attached to an aromatic ring is 1. The highest BCUT2D eigenvalue weighted by Gasteiger charge is 2.20. The van der Waals surface area contributed by atoms with E-state index in [0.717, 1.165) is 6.42 Å². The van der Waals surface area contributed by atoms with Crippen LogP contribution in [0.3, 0.4) is 0 Å². The van der Waals surface area contributed by atoms with Gasteiger partial charge >= 0.3 is 0 Å². The standard InChI is InChI=1S/C13H23N5O/c1-5-7-18(6-2)13(19)11-10(17-14)8-15-12(16-11)9(3)4/h8-9,17H,5-7,14H2,1-4H3. The first-order chi connectivity index (χ1) is 9.04. The number of nitrogens with zero attached hydrogens (tertiary/aromatic N) is 3. The molecule has 0 bridgehead atoms. The van der Waals surface area contributed by atoms with Gasteiger partial charge in [0.05, 0.1) is 11.9 Å². The molecule has 0 radical (unpaired) electrons. The number of hydrazine groups is 1. The summed E-state index contributed by atoms with van der Waals surface area (Å²) in [5.74, 6) is 6.13. The number of hydrogen-bond donors (Lipinski definition) is 2. The van der Waals surface area contributed by atoms with E-state index in [0.29, 0.717) is 30.3 Å². The van der Waals surface area contributed by atoms with Crippen LogP contribution in [-0.4, -0.2) is 33.9 Å². The van der Waals surface area contributed by atoms with Crippen LogP contribution in [0.2, 0.25) is 0 Å². The zero-order valence-electron chi connectivity index (χ0n) is 12.1. The molecule has 0 aromatic carbocycles. The lowest BCUT2D eigenvalue weighted by Gasteiger charge is -2.21. The topological polar surface area (TPSA) is 84.1 Å². The van der Waals surface area contributed by atoms with Crippen LogP contribution in [0.25, 0.3) is 0 Å². The summed E-state index contributed by atoms with van der Waals surface area (Å²) < 4.78 is 0. The van der Waals surface area contributed by atoms with Gasteiger partial charge in [-0.1, -0.05) is 20.8 Å². The van der Waals surface area contributed by atoms with E-state index in [1.54, 1.807) is 11.1 Å². The number of anilines is 1. The lowest BCUT2D eigenvalue weighted by molar-refractivity contribution is 0.0759. The Balaban J connectivity index is 3.14. The average Bonchev–Trinajstić information content (AvgIpc) is 2.43. The van der Waals surface area contributed by atoms with Crippen molar-refractivity contribution < 1.29 is 4.79 Å². The number of hydrogen-bond acceptors (Lipinski definition) is 5. The number of carbonyl (C=O) groups excluding carboxylic acids is 1. The number of amides is 1. The van der Waals surface area contributed by atoms with E-state index in [1.165, 1.54) is 0 Å². The molecule has 0 saturated heterocycles. The first-order valence-corrected chi connectivity index (χ1v) is 6.67. The number of nitrogens with two attached hydrogens (primary N) is 1. The highest BCUT2D eigenvalue weighted by atomic mass is 16.2. The molecule has 106 valence electrons. The van der Waals surface area contributed by atoms with Gasteiger partial charge in [-0.05, 0) is 13.3 Å². The summed E-state index contributed by atoms with van der Waals surface area (Å²) in [7, 11) is 0. The molecule has 1 aromatic rings. The highest BCUT2D eigenvalue weighted by molar-refractivity contribution is 5.97. The van der Waals surface area contributed by atoms with Gasteiger partial charge in [0.1, 0.15) is 5.82 Å². The molecule has 1 heterocycles. The van der Waals surface area contributed by atoms with Crippen molar-refractivity contribution in [2.75, 3.05) is 18.5 Å². The molecule has 0 saturated carbocycles. The van der Waals surface area contributed by atoms with E-state index in [4.69, 9.17) is 5.84 Å². The summed E-state index contributed by atoms with van der Waals surface area (Å²) in [5.41, 5.74) is 3.30. The quantitative estimate of drug-likeness (QED) is 0.605. The fourth-order valence-electron chi connectivity index (χ4n) is 1.77. The molecule has 0 aliphatic heterocycles. The van der Waals surface area contributed by atoms with Gasteiger partial charge in [0.15, 0.2) is 5.69 Å². The molecule has 19 heavy (non-hydrogen) atoms. The molecule has 0 spiro atoms. The summed E-state index contributed by atoms with van der Waals surface area (Å²) in [6.45, 7) is 9.33. The van der Waals surface area contributed by atoms with Crippen LogP contribution in [0, 0.1) is 0 Å². The maximum absolute atomic E-state index is 12.5. The molecule has 1 aromatic heterocycles. The van der Waals surface area contributed by atoms with Crippen molar-refractivity contribution in [3.05, 3.63) is 17.7 Å². The Morgan fingerprint density at radius 2 is 2.16 bits per heavy atom. The Kier molecular flexibility index (Phi) is 5.69. The van der Waals surface area contributed by atoms with E-state index in [-0.39, 0.29) is 11.8 Å². The van der Waals surface area contributed by atoms with Crippen molar-refractivity contribution in [2.45, 2.75) is 40.0 Å². The maximum Gasteiger partial charge on any atom is 0.274 e. The Labute approximate surface area is 114 Å². The fraction of sp³-hybridized carbons (Fsp3) is 0.615. The van der Waals surface area contributed by atoms with Crippen molar-refractivity contribution in [1.29, 1.82) is 0 Å². The molecule has 0 atom stereocenters. The van der Waals surface area contributed by atoms with Crippen LogP contribution in [0.4, 0.5) is 5.69 Å². The molecule has 0 unspecified atom stereocenters. The van der Waals surface area contributed by atoms with Crippen LogP contribution < -0.4 is 11.3 Å². The van der Waals surface area contributed by atoms with Crippen molar-refractivity contribution in [3.8, 4) is 0 Å². The van der Waals surface area contributed by atoms with Gasteiger partial charge in [-0.3, -0.25) is 10.6 Å². The molecule has 0 aliphatic rings. The van der Waals surface area contributed by atoms with Crippen molar-refractivity contribution in [3.63, 3.8) is 0 Å². The van der Waals surface area contributed by atoms with E-state index in [1.807, 2.05) is 27.7 Å². The van der Waals surface area contributed by atoms with Crippen LogP contribution in [0.1, 0.15) is 56.3 Å². The number of rotatable bonds is 6. The molecule has 0 fully saturated rings.